The molecule has 2 aromatic carbocycles. The minimum Gasteiger partial charge on any atom is -0.506 e. The molecule has 4 rings (SSSR count). The van der Waals surface area contributed by atoms with Gasteiger partial charge in [0, 0.05) is 35.2 Å². The molecule has 0 atom stereocenters. The van der Waals surface area contributed by atoms with Crippen LogP contribution in [0, 0.1) is 0 Å². The lowest BCUT2D eigenvalue weighted by Gasteiger charge is -2.07. The molecule has 2 heterocycles. The Morgan fingerprint density at radius 3 is 2.61 bits per heavy atom. The Morgan fingerprint density at radius 1 is 1.00 bits per heavy atom. The van der Waals surface area contributed by atoms with E-state index in [1.54, 1.807) is 36.5 Å². The summed E-state index contributed by atoms with van der Waals surface area (Å²) in [4.78, 5) is 4.20. The Morgan fingerprint density at radius 2 is 1.82 bits per heavy atom. The van der Waals surface area contributed by atoms with E-state index in [0.717, 1.165) is 28.8 Å². The number of nitrogens with zero attached hydrogens (tertiary/aromatic N) is 2. The number of rotatable bonds is 2. The Hall–Kier alpha value is -3.41. The van der Waals surface area contributed by atoms with Gasteiger partial charge >= 0.3 is 6.18 Å². The lowest BCUT2D eigenvalue weighted by Crippen LogP contribution is -2.32. The number of phenols is 1. The van der Waals surface area contributed by atoms with Crippen LogP contribution in [0.4, 0.5) is 13.2 Å². The van der Waals surface area contributed by atoms with Crippen molar-refractivity contribution >= 4 is 34.0 Å². The second-order valence-electron chi connectivity index (χ2n) is 6.50. The predicted molar refractivity (Wildman–Crippen MR) is 102 cm³/mol. The molecule has 0 aliphatic carbocycles. The van der Waals surface area contributed by atoms with Gasteiger partial charge in [0.05, 0.1) is 5.56 Å². The van der Waals surface area contributed by atoms with Crippen LogP contribution < -0.4 is 4.57 Å². The van der Waals surface area contributed by atoms with E-state index >= 15 is 0 Å². The number of hydrogen-bond donors (Lipinski definition) is 1. The van der Waals surface area contributed by atoms with Crippen molar-refractivity contribution in [1.29, 1.82) is 0 Å². The van der Waals surface area contributed by atoms with E-state index in [-0.39, 0.29) is 5.75 Å². The van der Waals surface area contributed by atoms with E-state index in [4.69, 9.17) is 0 Å². The zero-order chi connectivity index (χ0) is 19.9. The molecule has 0 fully saturated rings. The van der Waals surface area contributed by atoms with Crippen molar-refractivity contribution in [3.8, 4) is 5.75 Å². The van der Waals surface area contributed by atoms with Crippen molar-refractivity contribution < 1.29 is 22.8 Å². The van der Waals surface area contributed by atoms with Crippen LogP contribution in [-0.4, -0.2) is 10.1 Å². The van der Waals surface area contributed by atoms with E-state index in [1.807, 2.05) is 29.8 Å². The van der Waals surface area contributed by atoms with Crippen LogP contribution in [0.25, 0.3) is 34.0 Å². The molecule has 2 aromatic heterocycles. The largest absolute Gasteiger partial charge is 0.506 e. The molecule has 0 unspecified atom stereocenters. The first kappa shape index (κ1) is 18.0. The van der Waals surface area contributed by atoms with Crippen LogP contribution in [0.1, 0.15) is 16.8 Å². The summed E-state index contributed by atoms with van der Waals surface area (Å²) in [6.45, 7) is 0. The van der Waals surface area contributed by atoms with Crippen molar-refractivity contribution in [1.82, 2.24) is 4.98 Å². The van der Waals surface area contributed by atoms with Gasteiger partial charge in [-0.05, 0) is 42.0 Å². The highest BCUT2D eigenvalue weighted by Crippen LogP contribution is 2.31. The predicted octanol–water partition coefficient (Wildman–Crippen LogP) is 5.11. The standard InChI is InChI=1S/C22H15F3N2O/c1-27-17(9-5-15-13-16(22(23,24)25)7-10-19(15)27)8-4-14-6-11-20(28)21-18(14)3-2-12-26-21/h2-13H,1H3/p+1. The van der Waals surface area contributed by atoms with Crippen LogP contribution in [0.5, 0.6) is 5.75 Å². The summed E-state index contributed by atoms with van der Waals surface area (Å²) in [5.74, 6) is 0.115. The number of aryl methyl sites for hydroxylation is 1. The maximum Gasteiger partial charge on any atom is 0.416 e. The number of alkyl halides is 3. The second kappa shape index (κ2) is 6.64. The Labute approximate surface area is 159 Å². The van der Waals surface area contributed by atoms with Gasteiger partial charge in [-0.1, -0.05) is 12.1 Å². The quantitative estimate of drug-likeness (QED) is 0.490. The average molecular weight is 381 g/mol. The van der Waals surface area contributed by atoms with E-state index in [9.17, 15) is 18.3 Å². The van der Waals surface area contributed by atoms with E-state index < -0.39 is 11.7 Å². The summed E-state index contributed by atoms with van der Waals surface area (Å²) in [6, 6.07) is 14.3. The number of fused-ring (bicyclic) bond motifs is 2. The minimum atomic E-state index is -4.36. The van der Waals surface area contributed by atoms with Crippen molar-refractivity contribution in [3.05, 3.63) is 77.6 Å². The molecule has 0 spiro atoms. The number of benzene rings is 2. The molecule has 0 bridgehead atoms. The fraction of sp³-hybridized carbons (Fsp3) is 0.0909. The molecule has 0 amide bonds. The zero-order valence-corrected chi connectivity index (χ0v) is 14.9. The number of aromatic nitrogens is 2. The molecule has 0 aliphatic rings. The van der Waals surface area contributed by atoms with E-state index in [2.05, 4.69) is 4.98 Å². The summed E-state index contributed by atoms with van der Waals surface area (Å²) in [5.41, 5.74) is 2.27. The summed E-state index contributed by atoms with van der Waals surface area (Å²) >= 11 is 0. The van der Waals surface area contributed by atoms with Gasteiger partial charge in [0.15, 0.2) is 0 Å². The summed E-state index contributed by atoms with van der Waals surface area (Å²) in [7, 11) is 1.81. The Kier molecular flexibility index (Phi) is 4.26. The fourth-order valence-electron chi connectivity index (χ4n) is 3.26. The Bertz CT molecular complexity index is 1230. The summed E-state index contributed by atoms with van der Waals surface area (Å²) < 4.78 is 40.6. The van der Waals surface area contributed by atoms with E-state index in [1.165, 1.54) is 6.07 Å². The van der Waals surface area contributed by atoms with Gasteiger partial charge in [-0.3, -0.25) is 4.98 Å². The van der Waals surface area contributed by atoms with Gasteiger partial charge in [-0.15, -0.1) is 0 Å². The Balaban J connectivity index is 1.76. The highest BCUT2D eigenvalue weighted by Gasteiger charge is 2.31. The number of pyridine rings is 2. The van der Waals surface area contributed by atoms with Crippen LogP contribution >= 0.6 is 0 Å². The molecule has 3 nitrogen and oxygen atoms in total. The molecule has 0 aliphatic heterocycles. The van der Waals surface area contributed by atoms with Crippen molar-refractivity contribution in [2.45, 2.75) is 6.18 Å². The first-order chi connectivity index (χ1) is 13.3. The van der Waals surface area contributed by atoms with Crippen LogP contribution in [0.15, 0.2) is 60.8 Å². The normalized spacial score (nSPS) is 12.3. The lowest BCUT2D eigenvalue weighted by molar-refractivity contribution is -0.646. The van der Waals surface area contributed by atoms with Gasteiger partial charge in [-0.2, -0.15) is 17.7 Å². The first-order valence-electron chi connectivity index (χ1n) is 8.59. The third kappa shape index (κ3) is 3.17. The highest BCUT2D eigenvalue weighted by molar-refractivity contribution is 5.93. The minimum absolute atomic E-state index is 0.115. The summed E-state index contributed by atoms with van der Waals surface area (Å²) in [5, 5.41) is 11.3. The van der Waals surface area contributed by atoms with Crippen LogP contribution in [0.2, 0.25) is 0 Å². The topological polar surface area (TPSA) is 37.0 Å². The van der Waals surface area contributed by atoms with Crippen LogP contribution in [0.3, 0.4) is 0 Å². The number of halogens is 3. The number of phenolic OH excluding ortho intramolecular Hbond substituents is 1. The molecular formula is C22H16F3N2O+. The molecule has 0 saturated carbocycles. The van der Waals surface area contributed by atoms with Gasteiger partial charge < -0.3 is 5.11 Å². The fourth-order valence-corrected chi connectivity index (χ4v) is 3.26. The maximum atomic E-state index is 12.9. The zero-order valence-electron chi connectivity index (χ0n) is 14.9. The second-order valence-corrected chi connectivity index (χ2v) is 6.50. The smallest absolute Gasteiger partial charge is 0.416 e. The lowest BCUT2D eigenvalue weighted by atomic mass is 10.1. The molecule has 140 valence electrons. The van der Waals surface area contributed by atoms with E-state index in [0.29, 0.717) is 16.4 Å². The van der Waals surface area contributed by atoms with Crippen LogP contribution in [-0.2, 0) is 13.2 Å². The SMILES string of the molecule is C[n+]1c(/C=C/c2ccc(O)c3ncccc23)ccc2cc(C(F)(F)F)ccc21. The van der Waals surface area contributed by atoms with Gasteiger partial charge in [0.25, 0.3) is 0 Å². The number of aromatic hydroxyl groups is 1. The van der Waals surface area contributed by atoms with Gasteiger partial charge in [0.1, 0.15) is 18.3 Å². The first-order valence-corrected chi connectivity index (χ1v) is 8.59. The maximum absolute atomic E-state index is 12.9. The molecular weight excluding hydrogens is 365 g/mol. The van der Waals surface area contributed by atoms with Crippen molar-refractivity contribution in [3.63, 3.8) is 0 Å². The van der Waals surface area contributed by atoms with Gasteiger partial charge in [-0.25, -0.2) is 0 Å². The molecule has 4 aromatic rings. The monoisotopic (exact) mass is 381 g/mol. The van der Waals surface area contributed by atoms with Gasteiger partial charge in [0.2, 0.25) is 11.2 Å². The molecule has 28 heavy (non-hydrogen) atoms. The van der Waals surface area contributed by atoms with Crippen molar-refractivity contribution in [2.24, 2.45) is 7.05 Å². The number of hydrogen-bond acceptors (Lipinski definition) is 2. The van der Waals surface area contributed by atoms with Crippen molar-refractivity contribution in [2.75, 3.05) is 0 Å². The highest BCUT2D eigenvalue weighted by atomic mass is 19.4. The summed E-state index contributed by atoms with van der Waals surface area (Å²) in [6.07, 6.45) is 1.04. The molecule has 1 N–H and O–H groups in total. The third-order valence-corrected chi connectivity index (χ3v) is 4.75. The average Bonchev–Trinajstić information content (AvgIpc) is 2.68. The molecule has 0 radical (unpaired) electrons. The molecule has 0 saturated heterocycles. The molecule has 6 heteroatoms. The third-order valence-electron chi connectivity index (χ3n) is 4.75.